The van der Waals surface area contributed by atoms with Crippen molar-refractivity contribution in [1.82, 2.24) is 10.0 Å². The summed E-state index contributed by atoms with van der Waals surface area (Å²) in [5.41, 5.74) is 0. The molecule has 1 aromatic heterocycles. The molecule has 16 heavy (non-hydrogen) atoms. The Morgan fingerprint density at radius 1 is 1.50 bits per heavy atom. The van der Waals surface area contributed by atoms with Crippen LogP contribution in [0.5, 0.6) is 0 Å². The topological polar surface area (TPSA) is 42.4 Å². The molecule has 1 amide bonds. The van der Waals surface area contributed by atoms with Gasteiger partial charge in [0, 0.05) is 11.9 Å². The van der Waals surface area contributed by atoms with Crippen molar-refractivity contribution in [2.45, 2.75) is 4.90 Å². The number of carbonyl (C=O) groups excluding carboxylic acids is 1. The molecule has 0 aliphatic rings. The minimum absolute atomic E-state index is 0.142. The predicted molar refractivity (Wildman–Crippen MR) is 64.8 cm³/mol. The standard InChI is InChI=1S/C9H10Cl2N2O2S/c1-13(15-2)9(14)5-16-6-3-7(10)12-8(11)4-6/h3-4H,5H2,1-2H3. The van der Waals surface area contributed by atoms with Gasteiger partial charge in [-0.2, -0.15) is 0 Å². The van der Waals surface area contributed by atoms with Crippen molar-refractivity contribution in [2.75, 3.05) is 19.9 Å². The lowest BCUT2D eigenvalue weighted by Crippen LogP contribution is -2.26. The Balaban J connectivity index is 2.58. The first-order chi connectivity index (χ1) is 7.52. The van der Waals surface area contributed by atoms with E-state index < -0.39 is 0 Å². The highest BCUT2D eigenvalue weighted by Crippen LogP contribution is 2.24. The third kappa shape index (κ3) is 4.17. The van der Waals surface area contributed by atoms with E-state index in [4.69, 9.17) is 28.0 Å². The number of hydroxylamine groups is 2. The fourth-order valence-electron chi connectivity index (χ4n) is 0.864. The van der Waals surface area contributed by atoms with Crippen LogP contribution in [0.2, 0.25) is 10.3 Å². The lowest BCUT2D eigenvalue weighted by molar-refractivity contribution is -0.165. The van der Waals surface area contributed by atoms with E-state index in [1.165, 1.54) is 18.9 Å². The molecule has 0 aliphatic carbocycles. The van der Waals surface area contributed by atoms with Crippen LogP contribution in [0, 0.1) is 0 Å². The molecule has 1 aromatic rings. The molecule has 0 saturated heterocycles. The van der Waals surface area contributed by atoms with E-state index in [0.29, 0.717) is 10.3 Å². The van der Waals surface area contributed by atoms with E-state index in [2.05, 4.69) is 4.98 Å². The van der Waals surface area contributed by atoms with Crippen LogP contribution in [0.1, 0.15) is 0 Å². The third-order valence-corrected chi connectivity index (χ3v) is 3.07. The van der Waals surface area contributed by atoms with E-state index in [9.17, 15) is 4.79 Å². The second-order valence-corrected chi connectivity index (χ2v) is 4.63. The summed E-state index contributed by atoms with van der Waals surface area (Å²) in [7, 11) is 2.98. The summed E-state index contributed by atoms with van der Waals surface area (Å²) in [4.78, 5) is 20.8. The molecule has 0 aromatic carbocycles. The number of rotatable bonds is 4. The highest BCUT2D eigenvalue weighted by Gasteiger charge is 2.09. The number of thioether (sulfide) groups is 1. The third-order valence-electron chi connectivity index (χ3n) is 1.72. The smallest absolute Gasteiger partial charge is 0.256 e. The Bertz CT molecular complexity index is 370. The molecule has 88 valence electrons. The minimum Gasteiger partial charge on any atom is -0.275 e. The molecule has 4 nitrogen and oxygen atoms in total. The first-order valence-electron chi connectivity index (χ1n) is 4.29. The Kier molecular flexibility index (Phi) is 5.34. The van der Waals surface area contributed by atoms with Gasteiger partial charge in [-0.3, -0.25) is 9.63 Å². The number of hydrogen-bond donors (Lipinski definition) is 0. The number of aromatic nitrogens is 1. The zero-order chi connectivity index (χ0) is 12.1. The molecule has 0 spiro atoms. The Hall–Kier alpha value is -0.490. The summed E-state index contributed by atoms with van der Waals surface area (Å²) in [6, 6.07) is 3.30. The number of amides is 1. The van der Waals surface area contributed by atoms with Gasteiger partial charge in [-0.1, -0.05) is 23.2 Å². The zero-order valence-electron chi connectivity index (χ0n) is 8.74. The second-order valence-electron chi connectivity index (χ2n) is 2.81. The Labute approximate surface area is 108 Å². The minimum atomic E-state index is -0.142. The van der Waals surface area contributed by atoms with Gasteiger partial charge in [0.15, 0.2) is 0 Å². The van der Waals surface area contributed by atoms with E-state index in [-0.39, 0.29) is 11.7 Å². The summed E-state index contributed by atoms with van der Waals surface area (Å²) in [5.74, 6) is 0.109. The number of halogens is 2. The van der Waals surface area contributed by atoms with Gasteiger partial charge in [-0.15, -0.1) is 11.8 Å². The van der Waals surface area contributed by atoms with Gasteiger partial charge in [-0.05, 0) is 12.1 Å². The molecule has 0 aliphatic heterocycles. The van der Waals surface area contributed by atoms with Gasteiger partial charge in [-0.25, -0.2) is 10.0 Å². The molecule has 0 fully saturated rings. The molecule has 0 saturated carbocycles. The molecule has 7 heteroatoms. The molecule has 0 unspecified atom stereocenters. The maximum Gasteiger partial charge on any atom is 0.256 e. The van der Waals surface area contributed by atoms with Crippen molar-refractivity contribution in [3.63, 3.8) is 0 Å². The van der Waals surface area contributed by atoms with Gasteiger partial charge in [0.2, 0.25) is 0 Å². The average Bonchev–Trinajstić information content (AvgIpc) is 2.23. The average molecular weight is 281 g/mol. The SMILES string of the molecule is CON(C)C(=O)CSc1cc(Cl)nc(Cl)c1. The van der Waals surface area contributed by atoms with E-state index >= 15 is 0 Å². The molecule has 0 atom stereocenters. The van der Waals surface area contributed by atoms with Gasteiger partial charge >= 0.3 is 0 Å². The van der Waals surface area contributed by atoms with Crippen LogP contribution in [-0.4, -0.2) is 35.9 Å². The summed E-state index contributed by atoms with van der Waals surface area (Å²) >= 11 is 12.8. The lowest BCUT2D eigenvalue weighted by Gasteiger charge is -2.12. The fraction of sp³-hybridized carbons (Fsp3) is 0.333. The van der Waals surface area contributed by atoms with Crippen molar-refractivity contribution in [2.24, 2.45) is 0 Å². The lowest BCUT2D eigenvalue weighted by atomic mass is 10.5. The molecular formula is C9H10Cl2N2O2S. The van der Waals surface area contributed by atoms with Crippen LogP contribution in [0.25, 0.3) is 0 Å². The van der Waals surface area contributed by atoms with Crippen molar-refractivity contribution < 1.29 is 9.63 Å². The van der Waals surface area contributed by atoms with Crippen molar-refractivity contribution in [1.29, 1.82) is 0 Å². The predicted octanol–water partition coefficient (Wildman–Crippen LogP) is 2.50. The van der Waals surface area contributed by atoms with Crippen LogP contribution >= 0.6 is 35.0 Å². The Morgan fingerprint density at radius 3 is 2.56 bits per heavy atom. The fourth-order valence-corrected chi connectivity index (χ4v) is 2.32. The summed E-state index contributed by atoms with van der Waals surface area (Å²) in [6.45, 7) is 0. The Morgan fingerprint density at radius 2 is 2.06 bits per heavy atom. The summed E-state index contributed by atoms with van der Waals surface area (Å²) < 4.78 is 0. The highest BCUT2D eigenvalue weighted by atomic mass is 35.5. The number of carbonyl (C=O) groups is 1. The van der Waals surface area contributed by atoms with Gasteiger partial charge < -0.3 is 0 Å². The van der Waals surface area contributed by atoms with Crippen LogP contribution in [0.15, 0.2) is 17.0 Å². The van der Waals surface area contributed by atoms with Gasteiger partial charge in [0.25, 0.3) is 5.91 Å². The van der Waals surface area contributed by atoms with Crippen LogP contribution in [-0.2, 0) is 9.63 Å². The van der Waals surface area contributed by atoms with Crippen molar-refractivity contribution >= 4 is 40.9 Å². The highest BCUT2D eigenvalue weighted by molar-refractivity contribution is 8.00. The summed E-state index contributed by atoms with van der Waals surface area (Å²) in [5, 5.41) is 1.78. The molecule has 1 heterocycles. The van der Waals surface area contributed by atoms with Crippen LogP contribution in [0.4, 0.5) is 0 Å². The molecule has 1 rings (SSSR count). The summed E-state index contributed by atoms with van der Waals surface area (Å²) in [6.07, 6.45) is 0. The second kappa shape index (κ2) is 6.30. The molecule has 0 N–H and O–H groups in total. The van der Waals surface area contributed by atoms with E-state index in [0.717, 1.165) is 9.96 Å². The van der Waals surface area contributed by atoms with Gasteiger partial charge in [0.1, 0.15) is 10.3 Å². The number of pyridine rings is 1. The first-order valence-corrected chi connectivity index (χ1v) is 6.03. The quantitative estimate of drug-likeness (QED) is 0.483. The van der Waals surface area contributed by atoms with E-state index in [1.54, 1.807) is 19.2 Å². The van der Waals surface area contributed by atoms with Crippen LogP contribution < -0.4 is 0 Å². The molecule has 0 radical (unpaired) electrons. The van der Waals surface area contributed by atoms with Gasteiger partial charge in [0.05, 0.1) is 12.9 Å². The number of hydrogen-bond acceptors (Lipinski definition) is 4. The number of nitrogens with zero attached hydrogens (tertiary/aromatic N) is 2. The first kappa shape index (κ1) is 13.6. The maximum atomic E-state index is 11.4. The largest absolute Gasteiger partial charge is 0.275 e. The molecule has 0 bridgehead atoms. The van der Waals surface area contributed by atoms with E-state index in [1.807, 2.05) is 0 Å². The van der Waals surface area contributed by atoms with Crippen molar-refractivity contribution in [3.8, 4) is 0 Å². The molecular weight excluding hydrogens is 271 g/mol. The zero-order valence-corrected chi connectivity index (χ0v) is 11.1. The van der Waals surface area contributed by atoms with Crippen LogP contribution in [0.3, 0.4) is 0 Å². The van der Waals surface area contributed by atoms with Crippen molar-refractivity contribution in [3.05, 3.63) is 22.4 Å². The monoisotopic (exact) mass is 280 g/mol. The maximum absolute atomic E-state index is 11.4. The normalized spacial score (nSPS) is 10.2.